The molecule has 1 aromatic heterocycles. The SMILES string of the molecule is Cc1nc(COc2ccc(C(C)N)cc2Cl)cs1. The summed E-state index contributed by atoms with van der Waals surface area (Å²) in [6.45, 7) is 4.32. The van der Waals surface area contributed by atoms with Gasteiger partial charge in [-0.25, -0.2) is 4.98 Å². The fraction of sp³-hybridized carbons (Fsp3) is 0.308. The first kappa shape index (κ1) is 13.3. The molecule has 0 aliphatic carbocycles. The van der Waals surface area contributed by atoms with Crippen LogP contribution in [-0.4, -0.2) is 4.98 Å². The molecule has 1 unspecified atom stereocenters. The first-order valence-electron chi connectivity index (χ1n) is 5.65. The Balaban J connectivity index is 2.05. The van der Waals surface area contributed by atoms with Crippen LogP contribution in [0.3, 0.4) is 0 Å². The van der Waals surface area contributed by atoms with Gasteiger partial charge in [0.25, 0.3) is 0 Å². The summed E-state index contributed by atoms with van der Waals surface area (Å²) in [6, 6.07) is 5.59. The number of halogens is 1. The molecule has 0 radical (unpaired) electrons. The highest BCUT2D eigenvalue weighted by atomic mass is 35.5. The van der Waals surface area contributed by atoms with Gasteiger partial charge >= 0.3 is 0 Å². The second kappa shape index (κ2) is 5.69. The average molecular weight is 283 g/mol. The molecule has 1 aromatic carbocycles. The van der Waals surface area contributed by atoms with E-state index < -0.39 is 0 Å². The number of nitrogens with two attached hydrogens (primary N) is 1. The van der Waals surface area contributed by atoms with Gasteiger partial charge < -0.3 is 10.5 Å². The zero-order chi connectivity index (χ0) is 13.1. The van der Waals surface area contributed by atoms with Crippen molar-refractivity contribution in [2.24, 2.45) is 5.73 Å². The average Bonchev–Trinajstić information content (AvgIpc) is 2.73. The Morgan fingerprint density at radius 3 is 2.83 bits per heavy atom. The molecule has 3 nitrogen and oxygen atoms in total. The maximum absolute atomic E-state index is 6.15. The Hall–Kier alpha value is -1.10. The van der Waals surface area contributed by atoms with Gasteiger partial charge in [-0.3, -0.25) is 0 Å². The van der Waals surface area contributed by atoms with Crippen LogP contribution in [0.1, 0.15) is 29.2 Å². The lowest BCUT2D eigenvalue weighted by molar-refractivity contribution is 0.302. The highest BCUT2D eigenvalue weighted by Gasteiger charge is 2.07. The first-order chi connectivity index (χ1) is 8.56. The van der Waals surface area contributed by atoms with Crippen LogP contribution in [0.2, 0.25) is 5.02 Å². The number of rotatable bonds is 4. The summed E-state index contributed by atoms with van der Waals surface area (Å²) in [7, 11) is 0. The lowest BCUT2D eigenvalue weighted by Gasteiger charge is -2.10. The highest BCUT2D eigenvalue weighted by molar-refractivity contribution is 7.09. The van der Waals surface area contributed by atoms with Crippen LogP contribution in [0.25, 0.3) is 0 Å². The summed E-state index contributed by atoms with van der Waals surface area (Å²) in [6.07, 6.45) is 0. The van der Waals surface area contributed by atoms with Gasteiger partial charge in [0.05, 0.1) is 15.7 Å². The quantitative estimate of drug-likeness (QED) is 0.930. The van der Waals surface area contributed by atoms with Gasteiger partial charge in [-0.1, -0.05) is 17.7 Å². The Bertz CT molecular complexity index is 540. The summed E-state index contributed by atoms with van der Waals surface area (Å²) in [5, 5.41) is 3.60. The molecule has 0 spiro atoms. The Kier molecular flexibility index (Phi) is 4.22. The van der Waals surface area contributed by atoms with Crippen LogP contribution < -0.4 is 10.5 Å². The van der Waals surface area contributed by atoms with Crippen molar-refractivity contribution >= 4 is 22.9 Å². The van der Waals surface area contributed by atoms with Crippen LogP contribution in [0.5, 0.6) is 5.75 Å². The van der Waals surface area contributed by atoms with Crippen LogP contribution in [0, 0.1) is 6.92 Å². The largest absolute Gasteiger partial charge is 0.486 e. The molecule has 18 heavy (non-hydrogen) atoms. The van der Waals surface area contributed by atoms with E-state index in [1.807, 2.05) is 37.4 Å². The number of hydrogen-bond acceptors (Lipinski definition) is 4. The fourth-order valence-electron chi connectivity index (χ4n) is 1.54. The van der Waals surface area contributed by atoms with Crippen molar-refractivity contribution in [2.45, 2.75) is 26.5 Å². The summed E-state index contributed by atoms with van der Waals surface area (Å²) in [5.41, 5.74) is 7.71. The van der Waals surface area contributed by atoms with Crippen LogP contribution in [-0.2, 0) is 6.61 Å². The molecule has 1 heterocycles. The Morgan fingerprint density at radius 2 is 2.28 bits per heavy atom. The van der Waals surface area contributed by atoms with Crippen LogP contribution in [0.4, 0.5) is 0 Å². The van der Waals surface area contributed by atoms with Gasteiger partial charge in [-0.05, 0) is 31.5 Å². The molecule has 0 saturated heterocycles. The van der Waals surface area contributed by atoms with Crippen molar-refractivity contribution in [3.8, 4) is 5.75 Å². The summed E-state index contributed by atoms with van der Waals surface area (Å²) < 4.78 is 5.64. The molecular weight excluding hydrogens is 268 g/mol. The summed E-state index contributed by atoms with van der Waals surface area (Å²) in [4.78, 5) is 4.33. The minimum Gasteiger partial charge on any atom is -0.486 e. The van der Waals surface area contributed by atoms with Gasteiger partial charge in [0.2, 0.25) is 0 Å². The van der Waals surface area contributed by atoms with E-state index in [9.17, 15) is 0 Å². The summed E-state index contributed by atoms with van der Waals surface area (Å²) >= 11 is 7.76. The number of thiazole rings is 1. The van der Waals surface area contributed by atoms with E-state index in [0.29, 0.717) is 17.4 Å². The van der Waals surface area contributed by atoms with Gasteiger partial charge in [0.1, 0.15) is 12.4 Å². The zero-order valence-electron chi connectivity index (χ0n) is 10.3. The third-order valence-corrected chi connectivity index (χ3v) is 3.64. The molecule has 2 N–H and O–H groups in total. The number of nitrogens with zero attached hydrogens (tertiary/aromatic N) is 1. The third kappa shape index (κ3) is 3.22. The maximum Gasteiger partial charge on any atom is 0.138 e. The molecule has 0 aliphatic heterocycles. The van der Waals surface area contributed by atoms with Gasteiger partial charge in [0.15, 0.2) is 0 Å². The maximum atomic E-state index is 6.15. The van der Waals surface area contributed by atoms with Gasteiger partial charge in [-0.2, -0.15) is 0 Å². The zero-order valence-corrected chi connectivity index (χ0v) is 11.9. The number of hydrogen-bond donors (Lipinski definition) is 1. The van der Waals surface area contributed by atoms with Crippen molar-refractivity contribution < 1.29 is 4.74 Å². The normalized spacial score (nSPS) is 12.4. The molecule has 0 bridgehead atoms. The second-order valence-corrected chi connectivity index (χ2v) is 5.59. The second-order valence-electron chi connectivity index (χ2n) is 4.13. The predicted molar refractivity (Wildman–Crippen MR) is 75.2 cm³/mol. The molecule has 2 aromatic rings. The van der Waals surface area contributed by atoms with E-state index in [2.05, 4.69) is 4.98 Å². The van der Waals surface area contributed by atoms with Gasteiger partial charge in [0, 0.05) is 11.4 Å². The van der Waals surface area contributed by atoms with E-state index in [0.717, 1.165) is 16.3 Å². The predicted octanol–water partition coefficient (Wildman–Crippen LogP) is 3.70. The number of aryl methyl sites for hydroxylation is 1. The topological polar surface area (TPSA) is 48.1 Å². The van der Waals surface area contributed by atoms with Crippen LogP contribution in [0.15, 0.2) is 23.6 Å². The van der Waals surface area contributed by atoms with E-state index in [4.69, 9.17) is 22.1 Å². The molecule has 2 rings (SSSR count). The summed E-state index contributed by atoms with van der Waals surface area (Å²) in [5.74, 6) is 0.659. The van der Waals surface area contributed by atoms with Crippen LogP contribution >= 0.6 is 22.9 Å². The van der Waals surface area contributed by atoms with Crippen molar-refractivity contribution in [3.63, 3.8) is 0 Å². The molecule has 0 saturated carbocycles. The molecule has 96 valence electrons. The molecular formula is C13H15ClN2OS. The molecule has 0 amide bonds. The van der Waals surface area contributed by atoms with E-state index in [1.165, 1.54) is 0 Å². The Morgan fingerprint density at radius 1 is 1.50 bits per heavy atom. The standard InChI is InChI=1S/C13H15ClN2OS/c1-8(15)10-3-4-13(12(14)5-10)17-6-11-7-18-9(2)16-11/h3-5,7-8H,6,15H2,1-2H3. The lowest BCUT2D eigenvalue weighted by atomic mass is 10.1. The molecule has 0 aliphatic rings. The molecule has 1 atom stereocenters. The monoisotopic (exact) mass is 282 g/mol. The van der Waals surface area contributed by atoms with Gasteiger partial charge in [-0.15, -0.1) is 11.3 Å². The first-order valence-corrected chi connectivity index (χ1v) is 6.91. The minimum absolute atomic E-state index is 0.0299. The number of ether oxygens (including phenoxy) is 1. The minimum atomic E-state index is -0.0299. The smallest absolute Gasteiger partial charge is 0.138 e. The number of benzene rings is 1. The highest BCUT2D eigenvalue weighted by Crippen LogP contribution is 2.28. The van der Waals surface area contributed by atoms with Crippen molar-refractivity contribution in [1.29, 1.82) is 0 Å². The van der Waals surface area contributed by atoms with Crippen molar-refractivity contribution in [1.82, 2.24) is 4.98 Å². The third-order valence-electron chi connectivity index (χ3n) is 2.52. The Labute approximate surface area is 116 Å². The van der Waals surface area contributed by atoms with E-state index in [-0.39, 0.29) is 6.04 Å². The fourth-order valence-corrected chi connectivity index (χ4v) is 2.38. The molecule has 0 fully saturated rings. The lowest BCUT2D eigenvalue weighted by Crippen LogP contribution is -2.05. The molecule has 5 heteroatoms. The van der Waals surface area contributed by atoms with E-state index in [1.54, 1.807) is 11.3 Å². The number of aromatic nitrogens is 1. The van der Waals surface area contributed by atoms with Crippen molar-refractivity contribution in [3.05, 3.63) is 44.9 Å². The van der Waals surface area contributed by atoms with Crippen molar-refractivity contribution in [2.75, 3.05) is 0 Å². The van der Waals surface area contributed by atoms with E-state index >= 15 is 0 Å².